The fourth-order valence-corrected chi connectivity index (χ4v) is 3.87. The highest BCUT2D eigenvalue weighted by Crippen LogP contribution is 2.47. The van der Waals surface area contributed by atoms with E-state index >= 15 is 0 Å². The van der Waals surface area contributed by atoms with Crippen molar-refractivity contribution in [2.24, 2.45) is 0 Å². The molecule has 2 N–H and O–H groups in total. The highest BCUT2D eigenvalue weighted by atomic mass is 32.2. The number of anilines is 1. The van der Waals surface area contributed by atoms with Crippen molar-refractivity contribution in [1.82, 2.24) is 10.4 Å². The number of carbonyl (C=O) groups is 2. The number of hydrogen-bond acceptors (Lipinski definition) is 5. The Bertz CT molecular complexity index is 821. The maximum Gasteiger partial charge on any atom is 0.573 e. The summed E-state index contributed by atoms with van der Waals surface area (Å²) in [4.78, 5) is 25.0. The molecule has 0 aliphatic carbocycles. The summed E-state index contributed by atoms with van der Waals surface area (Å²) in [6.07, 6.45) is -4.35. The van der Waals surface area contributed by atoms with E-state index in [2.05, 4.69) is 15.5 Å². The van der Waals surface area contributed by atoms with Gasteiger partial charge in [-0.1, -0.05) is 11.8 Å². The van der Waals surface area contributed by atoms with Gasteiger partial charge in [-0.05, 0) is 32.0 Å². The fraction of sp³-hybridized carbons (Fsp3) is 0.375. The first-order valence-electron chi connectivity index (χ1n) is 7.66. The van der Waals surface area contributed by atoms with E-state index in [1.165, 1.54) is 30.1 Å². The minimum atomic E-state index is -4.79. The molecule has 0 radical (unpaired) electrons. The molecular formula is C16H16F3N3O3S. The Kier molecular flexibility index (Phi) is 4.33. The van der Waals surface area contributed by atoms with Crippen molar-refractivity contribution in [3.05, 3.63) is 28.8 Å². The number of fused-ring (bicyclic) bond motifs is 1. The van der Waals surface area contributed by atoms with E-state index in [1.54, 1.807) is 0 Å². The average Bonchev–Trinajstić information content (AvgIpc) is 2.48. The Balaban J connectivity index is 1.91. The van der Waals surface area contributed by atoms with Crippen molar-refractivity contribution in [2.75, 3.05) is 5.32 Å². The van der Waals surface area contributed by atoms with Crippen molar-refractivity contribution in [1.29, 1.82) is 0 Å². The summed E-state index contributed by atoms with van der Waals surface area (Å²) in [7, 11) is 0. The van der Waals surface area contributed by atoms with Crippen molar-refractivity contribution in [3.8, 4) is 5.75 Å². The zero-order chi connectivity index (χ0) is 19.3. The number of rotatable bonds is 2. The van der Waals surface area contributed by atoms with Crippen LogP contribution >= 0.6 is 11.8 Å². The largest absolute Gasteiger partial charge is 0.573 e. The third-order valence-electron chi connectivity index (χ3n) is 3.84. The number of nitrogens with one attached hydrogen (secondary N) is 2. The molecule has 1 aromatic rings. The maximum absolute atomic E-state index is 12.8. The van der Waals surface area contributed by atoms with E-state index in [-0.39, 0.29) is 11.7 Å². The quantitative estimate of drug-likeness (QED) is 0.814. The predicted octanol–water partition coefficient (Wildman–Crippen LogP) is 3.38. The van der Waals surface area contributed by atoms with E-state index in [4.69, 9.17) is 0 Å². The van der Waals surface area contributed by atoms with E-state index < -0.39 is 17.8 Å². The smallest absolute Gasteiger partial charge is 0.406 e. The van der Waals surface area contributed by atoms with Crippen LogP contribution in [0, 0.1) is 0 Å². The monoisotopic (exact) mass is 387 g/mol. The minimum Gasteiger partial charge on any atom is -0.406 e. The summed E-state index contributed by atoms with van der Waals surface area (Å²) < 4.78 is 41.1. The van der Waals surface area contributed by atoms with Crippen LogP contribution in [-0.4, -0.2) is 28.7 Å². The second-order valence-corrected chi connectivity index (χ2v) is 7.59. The number of amides is 2. The molecule has 10 heteroatoms. The summed E-state index contributed by atoms with van der Waals surface area (Å²) in [6.45, 7) is 4.93. The van der Waals surface area contributed by atoms with Crippen LogP contribution in [0.15, 0.2) is 33.7 Å². The Labute approximate surface area is 151 Å². The van der Waals surface area contributed by atoms with Crippen molar-refractivity contribution in [2.45, 2.75) is 44.0 Å². The molecule has 2 heterocycles. The lowest BCUT2D eigenvalue weighted by molar-refractivity contribution is -0.274. The normalized spacial score (nSPS) is 18.7. The van der Waals surface area contributed by atoms with Crippen LogP contribution < -0.4 is 15.5 Å². The fourth-order valence-electron chi connectivity index (χ4n) is 2.82. The molecule has 2 aliphatic heterocycles. The second-order valence-electron chi connectivity index (χ2n) is 6.54. The van der Waals surface area contributed by atoms with Gasteiger partial charge in [0.25, 0.3) is 5.91 Å². The molecule has 3 rings (SSSR count). The van der Waals surface area contributed by atoms with E-state index in [0.717, 1.165) is 11.8 Å². The summed E-state index contributed by atoms with van der Waals surface area (Å²) in [5.74, 6) is -1.17. The lowest BCUT2D eigenvalue weighted by Gasteiger charge is -2.44. The zero-order valence-electron chi connectivity index (χ0n) is 14.2. The molecule has 0 spiro atoms. The molecule has 6 nitrogen and oxygen atoms in total. The van der Waals surface area contributed by atoms with Crippen LogP contribution in [0.5, 0.6) is 5.75 Å². The van der Waals surface area contributed by atoms with Gasteiger partial charge < -0.3 is 10.1 Å². The van der Waals surface area contributed by atoms with E-state index in [0.29, 0.717) is 27.6 Å². The number of hydrazine groups is 1. The first kappa shape index (κ1) is 18.4. The molecule has 26 heavy (non-hydrogen) atoms. The number of nitrogens with zero attached hydrogens (tertiary/aromatic N) is 1. The first-order chi connectivity index (χ1) is 12.0. The van der Waals surface area contributed by atoms with Crippen LogP contribution in [0.2, 0.25) is 0 Å². The highest BCUT2D eigenvalue weighted by Gasteiger charge is 2.43. The van der Waals surface area contributed by atoms with Crippen LogP contribution in [0.25, 0.3) is 0 Å². The number of ether oxygens (including phenoxy) is 1. The van der Waals surface area contributed by atoms with Crippen molar-refractivity contribution >= 4 is 29.3 Å². The van der Waals surface area contributed by atoms with Gasteiger partial charge in [-0.25, -0.2) is 5.01 Å². The average molecular weight is 387 g/mol. The molecular weight excluding hydrogens is 371 g/mol. The number of benzene rings is 1. The number of alkyl halides is 3. The molecule has 0 saturated heterocycles. The molecule has 0 unspecified atom stereocenters. The molecule has 2 amide bonds. The third-order valence-corrected chi connectivity index (χ3v) is 5.02. The van der Waals surface area contributed by atoms with E-state index in [1.807, 2.05) is 13.8 Å². The Morgan fingerprint density at radius 3 is 2.69 bits per heavy atom. The van der Waals surface area contributed by atoms with Crippen LogP contribution in [0.3, 0.4) is 0 Å². The van der Waals surface area contributed by atoms with Gasteiger partial charge in [0.1, 0.15) is 5.75 Å². The van der Waals surface area contributed by atoms with E-state index in [9.17, 15) is 22.8 Å². The molecule has 2 aliphatic rings. The molecule has 0 atom stereocenters. The molecule has 0 bridgehead atoms. The summed E-state index contributed by atoms with van der Waals surface area (Å²) >= 11 is 1.05. The molecule has 0 aromatic heterocycles. The number of halogens is 3. The Morgan fingerprint density at radius 1 is 1.38 bits per heavy atom. The Morgan fingerprint density at radius 2 is 2.08 bits per heavy atom. The predicted molar refractivity (Wildman–Crippen MR) is 89.0 cm³/mol. The minimum absolute atomic E-state index is 0.328. The third kappa shape index (κ3) is 3.59. The molecule has 140 valence electrons. The van der Waals surface area contributed by atoms with Crippen LogP contribution in [-0.2, 0) is 9.59 Å². The number of carbonyl (C=O) groups excluding carboxylic acids is 2. The van der Waals surface area contributed by atoms with Gasteiger partial charge in [-0.3, -0.25) is 15.0 Å². The van der Waals surface area contributed by atoms with Crippen LogP contribution in [0.1, 0.15) is 27.2 Å². The lowest BCUT2D eigenvalue weighted by atomic mass is 9.93. The molecule has 0 fully saturated rings. The maximum atomic E-state index is 12.8. The standard InChI is InChI=1S/C16H16F3N3O3S/c1-8(23)21-22-14(24)13-11(7-15(22,2)3)20-10-5-4-9(6-12(10)26-13)25-16(17,18)19/h4-6,20H,7H2,1-3H3,(H,21,23). The van der Waals surface area contributed by atoms with Gasteiger partial charge >= 0.3 is 6.36 Å². The zero-order valence-corrected chi connectivity index (χ0v) is 15.0. The van der Waals surface area contributed by atoms with Gasteiger partial charge in [0.05, 0.1) is 16.1 Å². The second kappa shape index (κ2) is 6.11. The van der Waals surface area contributed by atoms with Gasteiger partial charge in [-0.2, -0.15) is 0 Å². The first-order valence-corrected chi connectivity index (χ1v) is 8.47. The van der Waals surface area contributed by atoms with Crippen molar-refractivity contribution in [3.63, 3.8) is 0 Å². The summed E-state index contributed by atoms with van der Waals surface area (Å²) in [5.41, 5.74) is 3.12. The Hall–Kier alpha value is -2.36. The number of thioether (sulfide) groups is 1. The molecule has 0 saturated carbocycles. The van der Waals surface area contributed by atoms with Crippen LogP contribution in [0.4, 0.5) is 18.9 Å². The SMILES string of the molecule is CC(=O)NN1C(=O)C2=C(CC1(C)C)Nc1ccc(OC(F)(F)F)cc1S2. The summed E-state index contributed by atoms with van der Waals surface area (Å²) in [6, 6.07) is 3.91. The number of hydrogen-bond donors (Lipinski definition) is 2. The highest BCUT2D eigenvalue weighted by molar-refractivity contribution is 8.04. The van der Waals surface area contributed by atoms with Gasteiger partial charge in [0.2, 0.25) is 5.91 Å². The lowest BCUT2D eigenvalue weighted by Crippen LogP contribution is -2.59. The summed E-state index contributed by atoms with van der Waals surface area (Å²) in [5, 5.41) is 4.36. The van der Waals surface area contributed by atoms with Gasteiger partial charge in [-0.15, -0.1) is 13.2 Å². The van der Waals surface area contributed by atoms with Gasteiger partial charge in [0, 0.05) is 23.9 Å². The van der Waals surface area contributed by atoms with Gasteiger partial charge in [0.15, 0.2) is 0 Å². The molecule has 1 aromatic carbocycles. The van der Waals surface area contributed by atoms with Crippen molar-refractivity contribution < 1.29 is 27.5 Å². The topological polar surface area (TPSA) is 70.7 Å².